The zero-order valence-corrected chi connectivity index (χ0v) is 9.60. The second kappa shape index (κ2) is 6.73. The monoisotopic (exact) mass is 296 g/mol. The average molecular weight is 296 g/mol. The molecule has 0 atom stereocenters. The highest BCUT2D eigenvalue weighted by molar-refractivity contribution is 5.96. The van der Waals surface area contributed by atoms with E-state index in [1.165, 1.54) is 6.92 Å². The normalized spacial score (nSPS) is 12.6. The van der Waals surface area contributed by atoms with Crippen LogP contribution in [0, 0.1) is 0 Å². The van der Waals surface area contributed by atoms with Gasteiger partial charge in [0, 0.05) is 0 Å². The second-order valence-electron chi connectivity index (χ2n) is 3.29. The average Bonchev–Trinajstić information content (AvgIpc) is 2.12. The Labute approximate surface area is 103 Å². The Bertz CT molecular complexity index is 308. The number of halogens is 6. The lowest BCUT2D eigenvalue weighted by atomic mass is 10.3. The van der Waals surface area contributed by atoms with Gasteiger partial charge in [-0.2, -0.15) is 26.3 Å². The van der Waals surface area contributed by atoms with Crippen molar-refractivity contribution in [2.75, 3.05) is 13.2 Å². The first-order valence-corrected chi connectivity index (χ1v) is 4.90. The maximum absolute atomic E-state index is 12.0. The third-order valence-corrected chi connectivity index (χ3v) is 1.65. The molecule has 10 heteroatoms. The van der Waals surface area contributed by atoms with Crippen molar-refractivity contribution in [1.82, 2.24) is 0 Å². The highest BCUT2D eigenvalue weighted by Crippen LogP contribution is 2.35. The van der Waals surface area contributed by atoms with Crippen LogP contribution in [0.15, 0.2) is 0 Å². The molecule has 0 radical (unpaired) electrons. The molecule has 0 aliphatic heterocycles. The van der Waals surface area contributed by atoms with E-state index in [9.17, 15) is 35.9 Å². The van der Waals surface area contributed by atoms with Gasteiger partial charge in [0.15, 0.2) is 5.78 Å². The molecule has 4 nitrogen and oxygen atoms in total. The third-order valence-electron chi connectivity index (χ3n) is 1.65. The SMILES string of the molecule is CCOC(=O)CC(=O)COC(C(F)(F)F)C(F)(F)F. The molecule has 0 aromatic rings. The summed E-state index contributed by atoms with van der Waals surface area (Å²) in [5.41, 5.74) is 0. The highest BCUT2D eigenvalue weighted by Gasteiger charge is 2.58. The van der Waals surface area contributed by atoms with E-state index in [1.54, 1.807) is 0 Å². The molecule has 0 N–H and O–H groups in total. The van der Waals surface area contributed by atoms with Crippen LogP contribution >= 0.6 is 0 Å². The van der Waals surface area contributed by atoms with Gasteiger partial charge in [-0.3, -0.25) is 9.59 Å². The van der Waals surface area contributed by atoms with Crippen LogP contribution in [0.4, 0.5) is 26.3 Å². The Morgan fingerprint density at radius 2 is 1.53 bits per heavy atom. The van der Waals surface area contributed by atoms with Gasteiger partial charge >= 0.3 is 18.3 Å². The van der Waals surface area contributed by atoms with E-state index >= 15 is 0 Å². The van der Waals surface area contributed by atoms with E-state index in [4.69, 9.17) is 0 Å². The molecule has 0 rings (SSSR count). The second-order valence-corrected chi connectivity index (χ2v) is 3.29. The Balaban J connectivity index is 4.42. The number of rotatable bonds is 6. The lowest BCUT2D eigenvalue weighted by Crippen LogP contribution is -2.45. The lowest BCUT2D eigenvalue weighted by Gasteiger charge is -2.22. The van der Waals surface area contributed by atoms with E-state index < -0.39 is 43.2 Å². The minimum absolute atomic E-state index is 0.0688. The fraction of sp³-hybridized carbons (Fsp3) is 0.778. The maximum atomic E-state index is 12.0. The fourth-order valence-corrected chi connectivity index (χ4v) is 0.975. The topological polar surface area (TPSA) is 52.6 Å². The zero-order valence-electron chi connectivity index (χ0n) is 9.60. The molecule has 0 amide bonds. The fourth-order valence-electron chi connectivity index (χ4n) is 0.975. The van der Waals surface area contributed by atoms with Gasteiger partial charge in [-0.15, -0.1) is 0 Å². The number of Topliss-reactive ketones (excluding diaryl/α,β-unsaturated/α-hetero) is 1. The number of esters is 1. The standard InChI is InChI=1S/C9H10F6O4/c1-2-18-6(17)3-5(16)4-19-7(8(10,11)12)9(13,14)15/h7H,2-4H2,1H3. The van der Waals surface area contributed by atoms with Crippen LogP contribution in [0.5, 0.6) is 0 Å². The van der Waals surface area contributed by atoms with Crippen LogP contribution < -0.4 is 0 Å². The Morgan fingerprint density at radius 1 is 1.05 bits per heavy atom. The Kier molecular flexibility index (Phi) is 6.27. The zero-order chi connectivity index (χ0) is 15.3. The van der Waals surface area contributed by atoms with Crippen molar-refractivity contribution in [3.05, 3.63) is 0 Å². The van der Waals surface area contributed by atoms with Gasteiger partial charge < -0.3 is 9.47 Å². The van der Waals surface area contributed by atoms with E-state index in [-0.39, 0.29) is 6.61 Å². The van der Waals surface area contributed by atoms with Crippen molar-refractivity contribution >= 4 is 11.8 Å². The molecule has 0 aromatic heterocycles. The minimum atomic E-state index is -5.69. The largest absolute Gasteiger partial charge is 0.466 e. The Hall–Kier alpha value is -1.32. The van der Waals surface area contributed by atoms with Crippen LogP contribution in [0.25, 0.3) is 0 Å². The van der Waals surface area contributed by atoms with Crippen molar-refractivity contribution in [1.29, 1.82) is 0 Å². The van der Waals surface area contributed by atoms with E-state index in [1.807, 2.05) is 0 Å². The van der Waals surface area contributed by atoms with Crippen molar-refractivity contribution in [3.8, 4) is 0 Å². The van der Waals surface area contributed by atoms with Gasteiger partial charge in [0.05, 0.1) is 6.61 Å². The van der Waals surface area contributed by atoms with Gasteiger partial charge in [-0.25, -0.2) is 0 Å². The highest BCUT2D eigenvalue weighted by atomic mass is 19.4. The van der Waals surface area contributed by atoms with Gasteiger partial charge in [0.25, 0.3) is 0 Å². The number of ketones is 1. The minimum Gasteiger partial charge on any atom is -0.466 e. The molecule has 112 valence electrons. The lowest BCUT2D eigenvalue weighted by molar-refractivity contribution is -0.319. The van der Waals surface area contributed by atoms with Crippen molar-refractivity contribution in [2.24, 2.45) is 0 Å². The van der Waals surface area contributed by atoms with Crippen molar-refractivity contribution in [3.63, 3.8) is 0 Å². The molecule has 0 aliphatic carbocycles. The first-order chi connectivity index (χ1) is 8.48. The third kappa shape index (κ3) is 6.99. The van der Waals surface area contributed by atoms with Crippen LogP contribution in [0.2, 0.25) is 0 Å². The molecule has 0 saturated heterocycles. The van der Waals surface area contributed by atoms with Gasteiger partial charge in [0.2, 0.25) is 6.10 Å². The summed E-state index contributed by atoms with van der Waals surface area (Å²) in [5.74, 6) is -2.29. The summed E-state index contributed by atoms with van der Waals surface area (Å²) in [7, 11) is 0. The number of hydrogen-bond donors (Lipinski definition) is 0. The van der Waals surface area contributed by atoms with Gasteiger partial charge in [0.1, 0.15) is 13.0 Å². The van der Waals surface area contributed by atoms with E-state index in [0.717, 1.165) is 0 Å². The van der Waals surface area contributed by atoms with Gasteiger partial charge in [-0.05, 0) is 6.92 Å². The molecule has 0 fully saturated rings. The Morgan fingerprint density at radius 3 is 1.89 bits per heavy atom. The summed E-state index contributed by atoms with van der Waals surface area (Å²) in [4.78, 5) is 21.7. The summed E-state index contributed by atoms with van der Waals surface area (Å²) in [5, 5.41) is 0. The molecule has 0 aliphatic rings. The van der Waals surface area contributed by atoms with Crippen molar-refractivity contribution < 1.29 is 45.4 Å². The quantitative estimate of drug-likeness (QED) is 0.427. The summed E-state index contributed by atoms with van der Waals surface area (Å²) in [6, 6.07) is 0. The van der Waals surface area contributed by atoms with Gasteiger partial charge in [-0.1, -0.05) is 0 Å². The van der Waals surface area contributed by atoms with Crippen molar-refractivity contribution in [2.45, 2.75) is 31.8 Å². The van der Waals surface area contributed by atoms with E-state index in [2.05, 4.69) is 9.47 Å². The predicted molar refractivity (Wildman–Crippen MR) is 48.1 cm³/mol. The summed E-state index contributed by atoms with van der Waals surface area (Å²) in [6.45, 7) is -0.134. The number of alkyl halides is 6. The molecule has 0 saturated carbocycles. The molecule has 19 heavy (non-hydrogen) atoms. The van der Waals surface area contributed by atoms with E-state index in [0.29, 0.717) is 0 Å². The first-order valence-electron chi connectivity index (χ1n) is 4.90. The smallest absolute Gasteiger partial charge is 0.423 e. The first kappa shape index (κ1) is 17.7. The number of hydrogen-bond acceptors (Lipinski definition) is 4. The van der Waals surface area contributed by atoms with Crippen LogP contribution in [-0.4, -0.2) is 43.4 Å². The molecular formula is C9H10F6O4. The van der Waals surface area contributed by atoms with Crippen LogP contribution in [-0.2, 0) is 19.1 Å². The molecule has 0 unspecified atom stereocenters. The molecule has 0 heterocycles. The summed E-state index contributed by atoms with van der Waals surface area (Å²) in [6.07, 6.45) is -16.4. The molecular weight excluding hydrogens is 286 g/mol. The predicted octanol–water partition coefficient (Wildman–Crippen LogP) is 2.02. The molecule has 0 aromatic carbocycles. The van der Waals surface area contributed by atoms with Crippen LogP contribution in [0.3, 0.4) is 0 Å². The summed E-state index contributed by atoms with van der Waals surface area (Å²) >= 11 is 0. The molecule has 0 spiro atoms. The molecule has 0 bridgehead atoms. The number of carbonyl (C=O) groups excluding carboxylic acids is 2. The number of ether oxygens (including phenoxy) is 2. The van der Waals surface area contributed by atoms with Crippen LogP contribution in [0.1, 0.15) is 13.3 Å². The summed E-state index contributed by atoms with van der Waals surface area (Å²) < 4.78 is 79.8. The number of carbonyl (C=O) groups is 2. The maximum Gasteiger partial charge on any atom is 0.423 e.